The smallest absolute Gasteiger partial charge is 0.402 e. The van der Waals surface area contributed by atoms with Crippen LogP contribution in [0.2, 0.25) is 0 Å². The van der Waals surface area contributed by atoms with E-state index in [-0.39, 0.29) is 0 Å². The van der Waals surface area contributed by atoms with E-state index in [2.05, 4.69) is 4.65 Å². The number of aliphatic hydroxyl groups is 1. The zero-order valence-corrected chi connectivity index (χ0v) is 9.86. The molecule has 0 aromatic heterocycles. The van der Waals surface area contributed by atoms with Crippen molar-refractivity contribution in [1.29, 1.82) is 0 Å². The van der Waals surface area contributed by atoms with Crippen LogP contribution in [0.25, 0.3) is 0 Å². The van der Waals surface area contributed by atoms with Crippen LogP contribution in [0.5, 0.6) is 0 Å². The van der Waals surface area contributed by atoms with Crippen molar-refractivity contribution in [3.63, 3.8) is 0 Å². The van der Waals surface area contributed by atoms with Crippen molar-refractivity contribution in [3.8, 4) is 0 Å². The van der Waals surface area contributed by atoms with Gasteiger partial charge in [-0.2, -0.15) is 52.7 Å². The molecule has 0 unspecified atom stereocenters. The highest BCUT2D eigenvalue weighted by Crippen LogP contribution is 2.61. The van der Waals surface area contributed by atoms with Crippen LogP contribution in [0.15, 0.2) is 0 Å². The molecule has 3 N–H and O–H groups in total. The maximum absolute atomic E-state index is 12.6. The summed E-state index contributed by atoms with van der Waals surface area (Å²) in [6, 6.07) is 0. The Balaban J connectivity index is 7.12. The standard InChI is InChI=1S/C6H3BF12O4/c8-3(9,10)1(20,4(11,12)13)2(5(14,15)16,6(17,18)19)23-7(21)22/h20-22H. The molecule has 0 aromatic rings. The quantitative estimate of drug-likeness (QED) is 0.517. The summed E-state index contributed by atoms with van der Waals surface area (Å²) in [7, 11) is -4.41. The molecule has 0 amide bonds. The molecule has 0 spiro atoms. The topological polar surface area (TPSA) is 69.9 Å². The highest BCUT2D eigenvalue weighted by atomic mass is 19.4. The molecular weight excluding hydrogens is 375 g/mol. The molecule has 0 aliphatic carbocycles. The molecule has 0 radical (unpaired) electrons. The third-order valence-corrected chi connectivity index (χ3v) is 2.41. The maximum atomic E-state index is 12.6. The number of hydrogen-bond donors (Lipinski definition) is 3. The summed E-state index contributed by atoms with van der Waals surface area (Å²) < 4.78 is 152. The summed E-state index contributed by atoms with van der Waals surface area (Å²) in [5.41, 5.74) is -15.1. The van der Waals surface area contributed by atoms with Crippen molar-refractivity contribution in [2.75, 3.05) is 0 Å². The van der Waals surface area contributed by atoms with E-state index in [0.717, 1.165) is 0 Å². The lowest BCUT2D eigenvalue weighted by molar-refractivity contribution is -0.492. The Morgan fingerprint density at radius 3 is 0.957 bits per heavy atom. The zero-order valence-electron chi connectivity index (χ0n) is 9.86. The predicted octanol–water partition coefficient (Wildman–Crippen LogP) is 1.69. The summed E-state index contributed by atoms with van der Waals surface area (Å²) >= 11 is 0. The largest absolute Gasteiger partial charge is 0.634 e. The molecule has 0 fully saturated rings. The SMILES string of the molecule is OB(O)OC(C(F)(F)F)(C(F)(F)F)C(O)(C(F)(F)F)C(F)(F)F. The van der Waals surface area contributed by atoms with Crippen molar-refractivity contribution in [3.05, 3.63) is 0 Å². The Kier molecular flexibility index (Phi) is 5.33. The van der Waals surface area contributed by atoms with Gasteiger partial charge in [-0.25, -0.2) is 0 Å². The van der Waals surface area contributed by atoms with Crippen molar-refractivity contribution in [2.45, 2.75) is 35.9 Å². The van der Waals surface area contributed by atoms with Crippen molar-refractivity contribution in [1.82, 2.24) is 0 Å². The van der Waals surface area contributed by atoms with Crippen LogP contribution in [-0.2, 0) is 4.65 Å². The molecule has 0 saturated carbocycles. The molecule has 23 heavy (non-hydrogen) atoms. The van der Waals surface area contributed by atoms with Crippen LogP contribution in [-0.4, -0.2) is 58.4 Å². The minimum absolute atomic E-state index is 2.16. The van der Waals surface area contributed by atoms with Crippen molar-refractivity contribution in [2.24, 2.45) is 0 Å². The second kappa shape index (κ2) is 5.56. The van der Waals surface area contributed by atoms with Crippen LogP contribution >= 0.6 is 0 Å². The molecule has 0 aliphatic heterocycles. The van der Waals surface area contributed by atoms with Gasteiger partial charge in [-0.1, -0.05) is 0 Å². The average Bonchev–Trinajstić information content (AvgIpc) is 2.17. The lowest BCUT2D eigenvalue weighted by Gasteiger charge is -2.48. The van der Waals surface area contributed by atoms with Gasteiger partial charge in [0.15, 0.2) is 0 Å². The summed E-state index contributed by atoms with van der Waals surface area (Å²) in [6.45, 7) is 0. The Morgan fingerprint density at radius 2 is 0.826 bits per heavy atom. The van der Waals surface area contributed by atoms with E-state index in [0.29, 0.717) is 0 Å². The van der Waals surface area contributed by atoms with Gasteiger partial charge in [0.05, 0.1) is 0 Å². The van der Waals surface area contributed by atoms with Crippen LogP contribution in [0.1, 0.15) is 0 Å². The van der Waals surface area contributed by atoms with E-state index in [1.165, 1.54) is 0 Å². The first-order valence-corrected chi connectivity index (χ1v) is 4.70. The second-order valence-electron chi connectivity index (χ2n) is 3.83. The Labute approximate surface area is 117 Å². The summed E-state index contributed by atoms with van der Waals surface area (Å²) in [5, 5.41) is 24.5. The van der Waals surface area contributed by atoms with E-state index >= 15 is 0 Å². The Hall–Kier alpha value is -0.935. The number of halogens is 12. The van der Waals surface area contributed by atoms with Crippen LogP contribution in [0.4, 0.5) is 52.7 Å². The van der Waals surface area contributed by atoms with Crippen LogP contribution < -0.4 is 0 Å². The highest BCUT2D eigenvalue weighted by Gasteiger charge is 2.95. The summed E-state index contributed by atoms with van der Waals surface area (Å²) in [6.07, 6.45) is -30.5. The van der Waals surface area contributed by atoms with E-state index < -0.39 is 43.2 Å². The van der Waals surface area contributed by atoms with Crippen molar-refractivity contribution >= 4 is 7.32 Å². The molecule has 138 valence electrons. The Morgan fingerprint density at radius 1 is 0.565 bits per heavy atom. The molecule has 0 aliphatic rings. The third-order valence-electron chi connectivity index (χ3n) is 2.41. The van der Waals surface area contributed by atoms with E-state index in [9.17, 15) is 52.7 Å². The van der Waals surface area contributed by atoms with Crippen LogP contribution in [0, 0.1) is 0 Å². The predicted molar refractivity (Wildman–Crippen MR) is 43.2 cm³/mol. The molecule has 0 saturated heterocycles. The lowest BCUT2D eigenvalue weighted by atomic mass is 9.78. The molecule has 0 atom stereocenters. The first-order chi connectivity index (χ1) is 9.67. The van der Waals surface area contributed by atoms with Gasteiger partial charge in [-0.05, 0) is 0 Å². The first-order valence-electron chi connectivity index (χ1n) is 4.70. The highest BCUT2D eigenvalue weighted by molar-refractivity contribution is 6.32. The normalized spacial score (nSPS) is 15.8. The third kappa shape index (κ3) is 3.18. The van der Waals surface area contributed by atoms with E-state index in [1.807, 2.05) is 0 Å². The number of alkyl halides is 12. The summed E-state index contributed by atoms with van der Waals surface area (Å²) in [5.74, 6) is 0. The fraction of sp³-hybridized carbons (Fsp3) is 1.00. The number of hydrogen-bond acceptors (Lipinski definition) is 4. The maximum Gasteiger partial charge on any atom is 0.634 e. The van der Waals surface area contributed by atoms with Crippen LogP contribution in [0.3, 0.4) is 0 Å². The fourth-order valence-corrected chi connectivity index (χ4v) is 1.51. The minimum atomic E-state index is -7.63. The van der Waals surface area contributed by atoms with Gasteiger partial charge in [0.1, 0.15) is 0 Å². The lowest BCUT2D eigenvalue weighted by Crippen LogP contribution is -2.82. The van der Waals surface area contributed by atoms with E-state index in [1.54, 1.807) is 0 Å². The van der Waals surface area contributed by atoms with Gasteiger partial charge in [-0.15, -0.1) is 0 Å². The van der Waals surface area contributed by atoms with E-state index in [4.69, 9.17) is 15.2 Å². The molecule has 0 rings (SSSR count). The van der Waals surface area contributed by atoms with Crippen molar-refractivity contribution < 1.29 is 72.5 Å². The van der Waals surface area contributed by atoms with Gasteiger partial charge in [0, 0.05) is 0 Å². The average molecular weight is 378 g/mol. The second-order valence-corrected chi connectivity index (χ2v) is 3.83. The molecule has 0 bridgehead atoms. The van der Waals surface area contributed by atoms with Gasteiger partial charge in [0.2, 0.25) is 0 Å². The molecule has 4 nitrogen and oxygen atoms in total. The molecule has 0 heterocycles. The van der Waals surface area contributed by atoms with Gasteiger partial charge in [0.25, 0.3) is 5.60 Å². The van der Waals surface area contributed by atoms with Gasteiger partial charge in [-0.3, -0.25) is 0 Å². The minimum Gasteiger partial charge on any atom is -0.402 e. The monoisotopic (exact) mass is 378 g/mol. The van der Waals surface area contributed by atoms with Gasteiger partial charge < -0.3 is 19.8 Å². The fourth-order valence-electron chi connectivity index (χ4n) is 1.51. The molecule has 17 heteroatoms. The molecular formula is C6H3BF12O4. The zero-order chi connectivity index (χ0) is 19.3. The van der Waals surface area contributed by atoms with Gasteiger partial charge >= 0.3 is 37.6 Å². The first kappa shape index (κ1) is 22.1. The number of rotatable bonds is 3. The Bertz CT molecular complexity index is 391. The molecule has 0 aromatic carbocycles. The summed E-state index contributed by atoms with van der Waals surface area (Å²) in [4.78, 5) is 0.